The third-order valence-corrected chi connectivity index (χ3v) is 10.2. The van der Waals surface area contributed by atoms with Crippen LogP contribution in [0.4, 0.5) is 5.69 Å². The molecule has 0 N–H and O–H groups in total. The second kappa shape index (κ2) is 9.61. The molecule has 7 nitrogen and oxygen atoms in total. The van der Waals surface area contributed by atoms with Crippen molar-refractivity contribution in [1.29, 1.82) is 5.26 Å². The number of hydrogen-bond acceptors (Lipinski definition) is 5. The summed E-state index contributed by atoms with van der Waals surface area (Å²) in [5.74, 6) is 0.0719. The maximum absolute atomic E-state index is 14.3. The highest BCUT2D eigenvalue weighted by molar-refractivity contribution is 7.92. The smallest absolute Gasteiger partial charge is 0.264 e. The van der Waals surface area contributed by atoms with Gasteiger partial charge in [-0.15, -0.1) is 0 Å². The monoisotopic (exact) mass is 572 g/mol. The number of anilines is 1. The summed E-state index contributed by atoms with van der Waals surface area (Å²) in [7, 11) is -4.02. The molecule has 0 unspecified atom stereocenters. The van der Waals surface area contributed by atoms with Gasteiger partial charge in [-0.2, -0.15) is 10.4 Å². The summed E-state index contributed by atoms with van der Waals surface area (Å²) in [6, 6.07) is 36.3. The standard InChI is InChI=1S/C34H28N4O3S/c1-23-17-19-27(20-18-23)42(39,40)37-22-34(21-35)31(28-15-9-10-16-29(28)37)30-24(2)36-38(26-13-7-4-8-14-26)33(30)41-32(34)25-11-5-3-6-12-25/h3-20,31-32H,22H2,1-2H3/t31-,32+,34-/m1/s1. The number of ether oxygens (including phenoxy) is 1. The van der Waals surface area contributed by atoms with Gasteiger partial charge in [-0.1, -0.05) is 84.4 Å². The van der Waals surface area contributed by atoms with Crippen LogP contribution < -0.4 is 9.04 Å². The van der Waals surface area contributed by atoms with Crippen LogP contribution in [0.1, 0.15) is 40.0 Å². The second-order valence-corrected chi connectivity index (χ2v) is 12.8. The van der Waals surface area contributed by atoms with Crippen LogP contribution >= 0.6 is 0 Å². The van der Waals surface area contributed by atoms with Gasteiger partial charge < -0.3 is 4.74 Å². The van der Waals surface area contributed by atoms with Gasteiger partial charge in [0, 0.05) is 11.5 Å². The summed E-state index contributed by atoms with van der Waals surface area (Å²) in [6.07, 6.45) is -0.774. The van der Waals surface area contributed by atoms with E-state index in [1.54, 1.807) is 28.9 Å². The van der Waals surface area contributed by atoms with E-state index in [0.717, 1.165) is 33.6 Å². The largest absolute Gasteiger partial charge is 0.467 e. The topological polar surface area (TPSA) is 88.2 Å². The average Bonchev–Trinajstić information content (AvgIpc) is 3.36. The molecular formula is C34H28N4O3S. The van der Waals surface area contributed by atoms with Crippen molar-refractivity contribution < 1.29 is 13.2 Å². The number of sulfonamides is 1. The van der Waals surface area contributed by atoms with Crippen LogP contribution in [0.3, 0.4) is 0 Å². The number of aromatic nitrogens is 2. The molecule has 8 heteroatoms. The lowest BCUT2D eigenvalue weighted by Gasteiger charge is -2.51. The molecule has 3 atom stereocenters. The number of rotatable bonds is 4. The first kappa shape index (κ1) is 26.1. The first-order valence-corrected chi connectivity index (χ1v) is 15.3. The molecule has 0 fully saturated rings. The molecule has 0 radical (unpaired) electrons. The maximum Gasteiger partial charge on any atom is 0.264 e. The number of benzene rings is 4. The highest BCUT2D eigenvalue weighted by Gasteiger charge is 2.60. The normalized spacial score (nSPS) is 20.9. The van der Waals surface area contributed by atoms with Crippen molar-refractivity contribution in [1.82, 2.24) is 9.78 Å². The number of fused-ring (bicyclic) bond motifs is 5. The number of hydrogen-bond donors (Lipinski definition) is 0. The molecule has 0 amide bonds. The van der Waals surface area contributed by atoms with Crippen LogP contribution in [0.15, 0.2) is 114 Å². The van der Waals surface area contributed by atoms with E-state index in [9.17, 15) is 13.7 Å². The molecule has 42 heavy (non-hydrogen) atoms. The Labute approximate surface area is 245 Å². The molecule has 2 aliphatic heterocycles. The van der Waals surface area contributed by atoms with Gasteiger partial charge >= 0.3 is 0 Å². The molecule has 1 aromatic heterocycles. The van der Waals surface area contributed by atoms with Crippen molar-refractivity contribution in [3.8, 4) is 17.6 Å². The van der Waals surface area contributed by atoms with Gasteiger partial charge in [0.05, 0.1) is 34.6 Å². The lowest BCUT2D eigenvalue weighted by Crippen LogP contribution is -2.54. The minimum atomic E-state index is -4.02. The van der Waals surface area contributed by atoms with E-state index in [1.165, 1.54) is 4.31 Å². The lowest BCUT2D eigenvalue weighted by molar-refractivity contribution is 0.0485. The zero-order valence-electron chi connectivity index (χ0n) is 23.2. The summed E-state index contributed by atoms with van der Waals surface area (Å²) in [5.41, 5.74) is 4.14. The van der Waals surface area contributed by atoms with Crippen LogP contribution in [0.25, 0.3) is 5.69 Å². The van der Waals surface area contributed by atoms with E-state index >= 15 is 0 Å². The number of nitrogens with zero attached hydrogens (tertiary/aromatic N) is 4. The van der Waals surface area contributed by atoms with Gasteiger partial charge in [0.15, 0.2) is 0 Å². The van der Waals surface area contributed by atoms with Crippen LogP contribution in [0.5, 0.6) is 5.88 Å². The molecule has 208 valence electrons. The Balaban J connectivity index is 1.52. The zero-order valence-corrected chi connectivity index (χ0v) is 24.0. The fraction of sp³-hybridized carbons (Fsp3) is 0.176. The van der Waals surface area contributed by atoms with Gasteiger partial charge in [-0.25, -0.2) is 13.1 Å². The third kappa shape index (κ3) is 3.77. The minimum Gasteiger partial charge on any atom is -0.467 e. The first-order valence-electron chi connectivity index (χ1n) is 13.8. The van der Waals surface area contributed by atoms with Gasteiger partial charge in [-0.3, -0.25) is 4.31 Å². The predicted octanol–water partition coefficient (Wildman–Crippen LogP) is 6.47. The van der Waals surface area contributed by atoms with Gasteiger partial charge in [-0.05, 0) is 55.3 Å². The Morgan fingerprint density at radius 2 is 1.52 bits per heavy atom. The van der Waals surface area contributed by atoms with Crippen molar-refractivity contribution in [2.45, 2.75) is 30.8 Å². The fourth-order valence-electron chi connectivity index (χ4n) is 6.43. The van der Waals surface area contributed by atoms with Crippen molar-refractivity contribution in [3.05, 3.63) is 137 Å². The predicted molar refractivity (Wildman–Crippen MR) is 160 cm³/mol. The number of para-hydroxylation sites is 2. The SMILES string of the molecule is Cc1ccc(S(=O)(=O)N2C[C@]3(C#N)[C@H](c4ccccc42)c2c(C)nn(-c4ccccc4)c2O[C@H]3c2ccccc2)cc1. The van der Waals surface area contributed by atoms with Crippen LogP contribution in [-0.4, -0.2) is 24.7 Å². The van der Waals surface area contributed by atoms with E-state index in [0.29, 0.717) is 11.6 Å². The van der Waals surface area contributed by atoms with Crippen LogP contribution in [0, 0.1) is 30.6 Å². The Morgan fingerprint density at radius 3 is 2.21 bits per heavy atom. The summed E-state index contributed by atoms with van der Waals surface area (Å²) in [5, 5.41) is 16.1. The van der Waals surface area contributed by atoms with Crippen LogP contribution in [0.2, 0.25) is 0 Å². The summed E-state index contributed by atoms with van der Waals surface area (Å²) < 4.78 is 38.6. The average molecular weight is 573 g/mol. The molecule has 0 aliphatic carbocycles. The Kier molecular flexibility index (Phi) is 5.96. The van der Waals surface area contributed by atoms with Gasteiger partial charge in [0.1, 0.15) is 11.5 Å². The molecule has 0 spiro atoms. The maximum atomic E-state index is 14.3. The number of nitriles is 1. The lowest BCUT2D eigenvalue weighted by atomic mass is 9.61. The number of aryl methyl sites for hydroxylation is 2. The molecule has 7 rings (SSSR count). The van der Waals surface area contributed by atoms with Crippen molar-refractivity contribution in [3.63, 3.8) is 0 Å². The first-order chi connectivity index (χ1) is 20.3. The molecule has 0 saturated carbocycles. The third-order valence-electron chi connectivity index (χ3n) is 8.41. The highest BCUT2D eigenvalue weighted by atomic mass is 32.2. The summed E-state index contributed by atoms with van der Waals surface area (Å²) in [4.78, 5) is 0.177. The molecule has 0 bridgehead atoms. The van der Waals surface area contributed by atoms with E-state index in [4.69, 9.17) is 9.84 Å². The van der Waals surface area contributed by atoms with E-state index in [2.05, 4.69) is 6.07 Å². The minimum absolute atomic E-state index is 0.0870. The molecule has 2 aliphatic rings. The molecule has 0 saturated heterocycles. The van der Waals surface area contributed by atoms with E-state index in [1.807, 2.05) is 98.8 Å². The fourth-order valence-corrected chi connectivity index (χ4v) is 7.97. The van der Waals surface area contributed by atoms with E-state index < -0.39 is 27.5 Å². The summed E-state index contributed by atoms with van der Waals surface area (Å²) >= 11 is 0. The second-order valence-electron chi connectivity index (χ2n) is 10.9. The van der Waals surface area contributed by atoms with Crippen LogP contribution in [-0.2, 0) is 10.0 Å². The highest BCUT2D eigenvalue weighted by Crippen LogP contribution is 2.62. The Hall–Kier alpha value is -4.87. The van der Waals surface area contributed by atoms with E-state index in [-0.39, 0.29) is 11.4 Å². The molecule has 4 aromatic carbocycles. The Bertz CT molecular complexity index is 1950. The van der Waals surface area contributed by atoms with Crippen molar-refractivity contribution >= 4 is 15.7 Å². The quantitative estimate of drug-likeness (QED) is 0.246. The van der Waals surface area contributed by atoms with Gasteiger partial charge in [0.2, 0.25) is 5.88 Å². The Morgan fingerprint density at radius 1 is 0.881 bits per heavy atom. The van der Waals surface area contributed by atoms with Crippen molar-refractivity contribution in [2.24, 2.45) is 5.41 Å². The molecule has 5 aromatic rings. The molecular weight excluding hydrogens is 544 g/mol. The molecule has 3 heterocycles. The zero-order chi connectivity index (χ0) is 29.1. The van der Waals surface area contributed by atoms with Gasteiger partial charge in [0.25, 0.3) is 10.0 Å². The van der Waals surface area contributed by atoms with Crippen molar-refractivity contribution in [2.75, 3.05) is 10.8 Å². The summed E-state index contributed by atoms with van der Waals surface area (Å²) in [6.45, 7) is 3.75.